The number of alkyl carbamates (subject to hydrolysis) is 1. The van der Waals surface area contributed by atoms with E-state index in [4.69, 9.17) is 9.47 Å². The lowest BCUT2D eigenvalue weighted by Crippen LogP contribution is -2.43. The molecular weight excluding hydrogens is 367 g/mol. The standard InChI is InChI=1S/C19H29FN4O4/c1-18(2,3)28-17(25)23-10-14(9-20)13-27-15-11-21-16(22-12-15)24-7-5-19(4,26)6-8-24/h9,11-12,26H,5-8,10,13H2,1-4H3,(H,23,25)/b14-9+. The van der Waals surface area contributed by atoms with Crippen LogP contribution in [0.3, 0.4) is 0 Å². The number of amides is 1. The first-order chi connectivity index (χ1) is 13.1. The van der Waals surface area contributed by atoms with Crippen LogP contribution in [0.15, 0.2) is 24.3 Å². The zero-order valence-corrected chi connectivity index (χ0v) is 16.9. The normalized spacial score (nSPS) is 17.2. The molecule has 1 aliphatic heterocycles. The van der Waals surface area contributed by atoms with Crippen molar-refractivity contribution in [1.29, 1.82) is 0 Å². The minimum absolute atomic E-state index is 0.0297. The third-order valence-electron chi connectivity index (χ3n) is 4.18. The van der Waals surface area contributed by atoms with Crippen molar-refractivity contribution in [2.75, 3.05) is 31.1 Å². The lowest BCUT2D eigenvalue weighted by molar-refractivity contribution is 0.0348. The van der Waals surface area contributed by atoms with E-state index >= 15 is 0 Å². The Hall–Kier alpha value is -2.42. The van der Waals surface area contributed by atoms with Crippen molar-refractivity contribution in [3.05, 3.63) is 24.3 Å². The number of rotatable bonds is 6. The van der Waals surface area contributed by atoms with E-state index in [9.17, 15) is 14.3 Å². The molecule has 1 saturated heterocycles. The SMILES string of the molecule is CC1(O)CCN(c2ncc(OC/C(=C/F)CNC(=O)OC(C)(C)C)cn2)CC1. The topological polar surface area (TPSA) is 96.8 Å². The molecular formula is C19H29FN4O4. The van der Waals surface area contributed by atoms with Gasteiger partial charge in [-0.25, -0.2) is 19.2 Å². The Morgan fingerprint density at radius 2 is 1.96 bits per heavy atom. The maximum Gasteiger partial charge on any atom is 0.407 e. The number of piperidine rings is 1. The van der Waals surface area contributed by atoms with Gasteiger partial charge in [0, 0.05) is 25.2 Å². The third-order valence-corrected chi connectivity index (χ3v) is 4.18. The van der Waals surface area contributed by atoms with Crippen LogP contribution in [0.2, 0.25) is 0 Å². The Morgan fingerprint density at radius 1 is 1.36 bits per heavy atom. The maximum absolute atomic E-state index is 13.0. The molecule has 0 aromatic carbocycles. The summed E-state index contributed by atoms with van der Waals surface area (Å²) in [5.74, 6) is 0.958. The van der Waals surface area contributed by atoms with E-state index < -0.39 is 17.3 Å². The molecule has 0 aliphatic carbocycles. The van der Waals surface area contributed by atoms with Gasteiger partial charge in [-0.05, 0) is 40.5 Å². The molecule has 0 atom stereocenters. The number of hydrogen-bond acceptors (Lipinski definition) is 7. The minimum atomic E-state index is -0.637. The van der Waals surface area contributed by atoms with E-state index in [-0.39, 0.29) is 18.7 Å². The third kappa shape index (κ3) is 7.30. The van der Waals surface area contributed by atoms with Crippen molar-refractivity contribution in [3.63, 3.8) is 0 Å². The number of anilines is 1. The number of aliphatic hydroxyl groups is 1. The fourth-order valence-corrected chi connectivity index (χ4v) is 2.53. The van der Waals surface area contributed by atoms with Gasteiger partial charge in [-0.1, -0.05) is 0 Å². The number of carbonyl (C=O) groups is 1. The summed E-state index contributed by atoms with van der Waals surface area (Å²) in [6.45, 7) is 8.35. The van der Waals surface area contributed by atoms with Crippen LogP contribution in [0, 0.1) is 0 Å². The van der Waals surface area contributed by atoms with Gasteiger partial charge in [0.25, 0.3) is 0 Å². The van der Waals surface area contributed by atoms with Gasteiger partial charge in [-0.15, -0.1) is 0 Å². The molecule has 0 radical (unpaired) electrons. The highest BCUT2D eigenvalue weighted by atomic mass is 19.1. The molecule has 2 heterocycles. The summed E-state index contributed by atoms with van der Waals surface area (Å²) >= 11 is 0. The van der Waals surface area contributed by atoms with Crippen LogP contribution in [-0.4, -0.2) is 58.6 Å². The second-order valence-electron chi connectivity index (χ2n) is 8.11. The van der Waals surface area contributed by atoms with Gasteiger partial charge in [0.05, 0.1) is 24.3 Å². The van der Waals surface area contributed by atoms with Crippen LogP contribution in [0.1, 0.15) is 40.5 Å². The molecule has 1 aromatic heterocycles. The van der Waals surface area contributed by atoms with Crippen LogP contribution < -0.4 is 15.0 Å². The molecule has 0 spiro atoms. The van der Waals surface area contributed by atoms with Crippen molar-refractivity contribution in [2.45, 2.75) is 51.7 Å². The van der Waals surface area contributed by atoms with Gasteiger partial charge in [0.15, 0.2) is 5.75 Å². The Bertz CT molecular complexity index is 676. The van der Waals surface area contributed by atoms with Gasteiger partial charge in [-0.2, -0.15) is 0 Å². The summed E-state index contributed by atoms with van der Waals surface area (Å²) in [7, 11) is 0. The Morgan fingerprint density at radius 3 is 2.50 bits per heavy atom. The first-order valence-electron chi connectivity index (χ1n) is 9.25. The quantitative estimate of drug-likeness (QED) is 0.763. The fraction of sp³-hybridized carbons (Fsp3) is 0.632. The average molecular weight is 396 g/mol. The smallest absolute Gasteiger partial charge is 0.407 e. The lowest BCUT2D eigenvalue weighted by Gasteiger charge is -2.35. The summed E-state index contributed by atoms with van der Waals surface area (Å²) in [6.07, 6.45) is 4.12. The van der Waals surface area contributed by atoms with Gasteiger partial charge in [0.2, 0.25) is 5.95 Å². The van der Waals surface area contributed by atoms with E-state index in [1.165, 1.54) is 12.4 Å². The molecule has 0 bridgehead atoms. The predicted octanol–water partition coefficient (Wildman–Crippen LogP) is 2.58. The Labute approximate surface area is 164 Å². The van der Waals surface area contributed by atoms with Crippen molar-refractivity contribution in [3.8, 4) is 5.75 Å². The Kier molecular flexibility index (Phi) is 7.17. The second-order valence-corrected chi connectivity index (χ2v) is 8.11. The highest BCUT2D eigenvalue weighted by Gasteiger charge is 2.28. The van der Waals surface area contributed by atoms with Crippen molar-refractivity contribution in [2.24, 2.45) is 0 Å². The highest BCUT2D eigenvalue weighted by molar-refractivity contribution is 5.68. The molecule has 1 fully saturated rings. The first-order valence-corrected chi connectivity index (χ1v) is 9.25. The Balaban J connectivity index is 1.79. The molecule has 2 rings (SSSR count). The molecule has 2 N–H and O–H groups in total. The number of nitrogens with one attached hydrogen (secondary N) is 1. The van der Waals surface area contributed by atoms with Crippen LogP contribution in [0.25, 0.3) is 0 Å². The molecule has 1 aliphatic rings. The summed E-state index contributed by atoms with van der Waals surface area (Å²) in [5, 5.41) is 12.5. The van der Waals surface area contributed by atoms with Crippen LogP contribution in [0.4, 0.5) is 15.1 Å². The van der Waals surface area contributed by atoms with E-state index in [1.54, 1.807) is 20.8 Å². The number of carbonyl (C=O) groups excluding carboxylic acids is 1. The van der Waals surface area contributed by atoms with E-state index in [0.717, 1.165) is 0 Å². The van der Waals surface area contributed by atoms with Crippen LogP contribution in [0.5, 0.6) is 5.75 Å². The first kappa shape index (κ1) is 21.9. The van der Waals surface area contributed by atoms with E-state index in [1.807, 2.05) is 11.8 Å². The highest BCUT2D eigenvalue weighted by Crippen LogP contribution is 2.24. The van der Waals surface area contributed by atoms with Gasteiger partial charge >= 0.3 is 6.09 Å². The van der Waals surface area contributed by atoms with Crippen molar-refractivity contribution in [1.82, 2.24) is 15.3 Å². The molecule has 28 heavy (non-hydrogen) atoms. The largest absolute Gasteiger partial charge is 0.486 e. The minimum Gasteiger partial charge on any atom is -0.486 e. The van der Waals surface area contributed by atoms with Crippen LogP contribution in [-0.2, 0) is 4.74 Å². The fourth-order valence-electron chi connectivity index (χ4n) is 2.53. The molecule has 9 heteroatoms. The van der Waals surface area contributed by atoms with Crippen molar-refractivity contribution < 1.29 is 23.8 Å². The zero-order chi connectivity index (χ0) is 20.8. The number of hydrogen-bond donors (Lipinski definition) is 2. The van der Waals surface area contributed by atoms with E-state index in [0.29, 0.717) is 44.0 Å². The number of aromatic nitrogens is 2. The molecule has 156 valence electrons. The zero-order valence-electron chi connectivity index (χ0n) is 16.9. The molecule has 0 saturated carbocycles. The number of ether oxygens (including phenoxy) is 2. The summed E-state index contributed by atoms with van der Waals surface area (Å²) in [4.78, 5) is 22.2. The van der Waals surface area contributed by atoms with Gasteiger partial charge < -0.3 is 24.8 Å². The maximum atomic E-state index is 13.0. The predicted molar refractivity (Wildman–Crippen MR) is 103 cm³/mol. The molecule has 1 aromatic rings. The van der Waals surface area contributed by atoms with Gasteiger partial charge in [0.1, 0.15) is 12.2 Å². The lowest BCUT2D eigenvalue weighted by atomic mass is 9.94. The van der Waals surface area contributed by atoms with E-state index in [2.05, 4.69) is 15.3 Å². The van der Waals surface area contributed by atoms with Crippen molar-refractivity contribution >= 4 is 12.0 Å². The molecule has 0 unspecified atom stereocenters. The average Bonchev–Trinajstić information content (AvgIpc) is 2.61. The summed E-state index contributed by atoms with van der Waals surface area (Å²) in [5.41, 5.74) is -1.01. The molecule has 8 nitrogen and oxygen atoms in total. The monoisotopic (exact) mass is 396 g/mol. The van der Waals surface area contributed by atoms with Gasteiger partial charge in [-0.3, -0.25) is 0 Å². The van der Waals surface area contributed by atoms with Crippen LogP contribution >= 0.6 is 0 Å². The second kappa shape index (κ2) is 9.18. The molecule has 1 amide bonds. The summed E-state index contributed by atoms with van der Waals surface area (Å²) in [6, 6.07) is 0. The number of nitrogens with zero attached hydrogens (tertiary/aromatic N) is 3. The number of halogens is 1. The summed E-state index contributed by atoms with van der Waals surface area (Å²) < 4.78 is 23.6.